The summed E-state index contributed by atoms with van der Waals surface area (Å²) < 4.78 is 5.13. The molecule has 4 atom stereocenters. The molecule has 8 nitrogen and oxygen atoms in total. The van der Waals surface area contributed by atoms with Crippen LogP contribution in [0.2, 0.25) is 5.02 Å². The van der Waals surface area contributed by atoms with E-state index in [4.69, 9.17) is 16.3 Å². The van der Waals surface area contributed by atoms with Crippen molar-refractivity contribution in [3.8, 4) is 0 Å². The summed E-state index contributed by atoms with van der Waals surface area (Å²) in [4.78, 5) is 26.0. The molecule has 1 aliphatic rings. The molecule has 5 N–H and O–H groups in total. The minimum Gasteiger partial charge on any atom is -0.395 e. The number of thioether (sulfide) groups is 1. The lowest BCUT2D eigenvalue weighted by atomic mass is 9.93. The molecule has 10 heteroatoms. The van der Waals surface area contributed by atoms with E-state index in [1.54, 1.807) is 38.1 Å². The van der Waals surface area contributed by atoms with Gasteiger partial charge in [0.05, 0.1) is 24.5 Å². The molecule has 31 heavy (non-hydrogen) atoms. The second kappa shape index (κ2) is 11.3. The van der Waals surface area contributed by atoms with E-state index in [1.165, 1.54) is 24.9 Å². The number of aliphatic hydroxyl groups excluding tert-OH is 3. The van der Waals surface area contributed by atoms with E-state index >= 15 is 0 Å². The molecule has 1 heterocycles. The van der Waals surface area contributed by atoms with E-state index in [9.17, 15) is 24.9 Å². The summed E-state index contributed by atoms with van der Waals surface area (Å²) in [6.45, 7) is 3.49. The van der Waals surface area contributed by atoms with Crippen LogP contribution in [0.15, 0.2) is 35.2 Å². The van der Waals surface area contributed by atoms with Crippen molar-refractivity contribution in [1.82, 2.24) is 5.32 Å². The number of benzene rings is 1. The molecular weight excluding hydrogens is 444 g/mol. The predicted octanol–water partition coefficient (Wildman–Crippen LogP) is 1.57. The number of rotatable bonds is 9. The topological polar surface area (TPSA) is 128 Å². The van der Waals surface area contributed by atoms with Crippen LogP contribution in [0.5, 0.6) is 0 Å². The molecule has 2 amide bonds. The Balaban J connectivity index is 1.98. The molecule has 1 aliphatic heterocycles. The van der Waals surface area contributed by atoms with Crippen molar-refractivity contribution in [3.05, 3.63) is 35.4 Å². The van der Waals surface area contributed by atoms with Gasteiger partial charge in [-0.2, -0.15) is 0 Å². The van der Waals surface area contributed by atoms with E-state index in [-0.39, 0.29) is 24.7 Å². The maximum Gasteiger partial charge on any atom is 0.252 e. The maximum absolute atomic E-state index is 12.7. The lowest BCUT2D eigenvalue weighted by molar-refractivity contribution is -0.141. The van der Waals surface area contributed by atoms with E-state index < -0.39 is 35.7 Å². The first-order valence-corrected chi connectivity index (χ1v) is 11.2. The molecule has 1 aromatic carbocycles. The highest BCUT2D eigenvalue weighted by atomic mass is 35.5. The number of nitrogens with one attached hydrogen (secondary N) is 2. The van der Waals surface area contributed by atoms with Gasteiger partial charge in [0, 0.05) is 34.6 Å². The zero-order chi connectivity index (χ0) is 23.2. The summed E-state index contributed by atoms with van der Waals surface area (Å²) >= 11 is 7.37. The highest BCUT2D eigenvalue weighted by Gasteiger charge is 2.32. The van der Waals surface area contributed by atoms with Gasteiger partial charge in [-0.15, -0.1) is 11.8 Å². The summed E-state index contributed by atoms with van der Waals surface area (Å²) in [5.41, 5.74) is 0.0937. The fourth-order valence-corrected chi connectivity index (χ4v) is 4.16. The van der Waals surface area contributed by atoms with Gasteiger partial charge in [0.25, 0.3) is 5.91 Å². The highest BCUT2D eigenvalue weighted by molar-refractivity contribution is 7.99. The van der Waals surface area contributed by atoms with Gasteiger partial charge in [-0.1, -0.05) is 37.6 Å². The van der Waals surface area contributed by atoms with Crippen molar-refractivity contribution in [1.29, 1.82) is 0 Å². The summed E-state index contributed by atoms with van der Waals surface area (Å²) in [5, 5.41) is 35.7. The molecule has 0 saturated carbocycles. The van der Waals surface area contributed by atoms with E-state index in [0.717, 1.165) is 4.90 Å². The first-order chi connectivity index (χ1) is 14.6. The van der Waals surface area contributed by atoms with Gasteiger partial charge in [-0.05, 0) is 18.2 Å². The van der Waals surface area contributed by atoms with Gasteiger partial charge in [0.2, 0.25) is 5.91 Å². The number of fused-ring (bicyclic) bond motifs is 1. The Morgan fingerprint density at radius 3 is 2.81 bits per heavy atom. The SMILES string of the molecule is CO[C@@H](C(=O)N[C@H]1CSc2cc(Cl)ccc2NC1=O)[C@H](O)C[C@@H](O)C=CC(C)(C)CO. The smallest absolute Gasteiger partial charge is 0.252 e. The maximum atomic E-state index is 12.7. The first-order valence-electron chi connectivity index (χ1n) is 9.79. The number of carbonyl (C=O) groups is 2. The Kier molecular flexibility index (Phi) is 9.35. The number of methoxy groups -OCH3 is 1. The van der Waals surface area contributed by atoms with E-state index in [0.29, 0.717) is 10.7 Å². The Morgan fingerprint density at radius 2 is 2.16 bits per heavy atom. The molecule has 0 aliphatic carbocycles. The molecule has 0 saturated heterocycles. The molecule has 0 bridgehead atoms. The minimum atomic E-state index is -1.31. The van der Waals surface area contributed by atoms with E-state index in [1.807, 2.05) is 0 Å². The molecule has 0 unspecified atom stereocenters. The monoisotopic (exact) mass is 472 g/mol. The third-order valence-corrected chi connectivity index (χ3v) is 6.15. The Hall–Kier alpha value is -1.62. The number of hydrogen-bond donors (Lipinski definition) is 5. The highest BCUT2D eigenvalue weighted by Crippen LogP contribution is 2.33. The van der Waals surface area contributed by atoms with Crippen molar-refractivity contribution in [2.24, 2.45) is 5.41 Å². The number of halogens is 1. The summed E-state index contributed by atoms with van der Waals surface area (Å²) in [5.74, 6) is -0.772. The fourth-order valence-electron chi connectivity index (χ4n) is 2.86. The molecule has 0 radical (unpaired) electrons. The number of aliphatic hydroxyl groups is 3. The van der Waals surface area contributed by atoms with Gasteiger partial charge in [0.15, 0.2) is 6.10 Å². The second-order valence-electron chi connectivity index (χ2n) is 8.03. The first kappa shape index (κ1) is 25.6. The van der Waals surface area contributed by atoms with Crippen LogP contribution >= 0.6 is 23.4 Å². The van der Waals surface area contributed by atoms with Crippen molar-refractivity contribution in [2.75, 3.05) is 24.8 Å². The number of ether oxygens (including phenoxy) is 1. The third-order valence-electron chi connectivity index (χ3n) is 4.76. The largest absolute Gasteiger partial charge is 0.395 e. The van der Waals surface area contributed by atoms with Gasteiger partial charge in [-0.3, -0.25) is 9.59 Å². The lowest BCUT2D eigenvalue weighted by Gasteiger charge is -2.24. The Labute approximate surface area is 191 Å². The molecule has 2 rings (SSSR count). The predicted molar refractivity (Wildman–Crippen MR) is 120 cm³/mol. The third kappa shape index (κ3) is 7.48. The number of amides is 2. The quantitative estimate of drug-likeness (QED) is 0.345. The summed E-state index contributed by atoms with van der Waals surface area (Å²) in [6, 6.07) is 4.25. The van der Waals surface area contributed by atoms with Crippen LogP contribution in [0, 0.1) is 5.41 Å². The van der Waals surface area contributed by atoms with Crippen LogP contribution in [0.1, 0.15) is 20.3 Å². The summed E-state index contributed by atoms with van der Waals surface area (Å²) in [6.07, 6.45) is -0.668. The molecule has 0 aromatic heterocycles. The average molecular weight is 473 g/mol. The standard InChI is InChI=1S/C21H29ClN2O6S/c1-21(2,11-25)7-6-13(26)9-16(27)18(30-3)20(29)24-15-10-31-17-8-12(22)4-5-14(17)23-19(15)28/h4-8,13,15-16,18,25-27H,9-11H2,1-3H3,(H,23,28)(H,24,29)/t13-,15-,16+,18+/m0/s1. The molecule has 0 spiro atoms. The van der Waals surface area contributed by atoms with Crippen molar-refractivity contribution < 1.29 is 29.6 Å². The van der Waals surface area contributed by atoms with Crippen LogP contribution in [0.25, 0.3) is 0 Å². The molecular formula is C21H29ClN2O6S. The lowest BCUT2D eigenvalue weighted by Crippen LogP contribution is -2.52. The molecule has 0 fully saturated rings. The Morgan fingerprint density at radius 1 is 1.45 bits per heavy atom. The number of anilines is 1. The normalized spacial score (nSPS) is 19.8. The zero-order valence-electron chi connectivity index (χ0n) is 17.7. The van der Waals surface area contributed by atoms with Gasteiger partial charge in [-0.25, -0.2) is 0 Å². The number of hydrogen-bond acceptors (Lipinski definition) is 7. The zero-order valence-corrected chi connectivity index (χ0v) is 19.2. The van der Waals surface area contributed by atoms with Crippen molar-refractivity contribution in [2.45, 2.75) is 49.5 Å². The van der Waals surface area contributed by atoms with Gasteiger partial charge in [0.1, 0.15) is 6.04 Å². The molecule has 172 valence electrons. The van der Waals surface area contributed by atoms with Crippen LogP contribution in [-0.2, 0) is 14.3 Å². The van der Waals surface area contributed by atoms with Crippen LogP contribution in [0.3, 0.4) is 0 Å². The molecule has 1 aromatic rings. The fraction of sp³-hybridized carbons (Fsp3) is 0.524. The van der Waals surface area contributed by atoms with E-state index in [2.05, 4.69) is 10.6 Å². The van der Waals surface area contributed by atoms with Gasteiger partial charge >= 0.3 is 0 Å². The van der Waals surface area contributed by atoms with Crippen LogP contribution in [0.4, 0.5) is 5.69 Å². The minimum absolute atomic E-state index is 0.0978. The van der Waals surface area contributed by atoms with Crippen LogP contribution in [-0.4, -0.2) is 71.0 Å². The Bertz CT molecular complexity index is 819. The van der Waals surface area contributed by atoms with Crippen molar-refractivity contribution >= 4 is 40.9 Å². The van der Waals surface area contributed by atoms with Crippen LogP contribution < -0.4 is 10.6 Å². The van der Waals surface area contributed by atoms with Crippen molar-refractivity contribution in [3.63, 3.8) is 0 Å². The average Bonchev–Trinajstić information content (AvgIpc) is 2.86. The second-order valence-corrected chi connectivity index (χ2v) is 9.53. The van der Waals surface area contributed by atoms with Gasteiger partial charge < -0.3 is 30.7 Å². The summed E-state index contributed by atoms with van der Waals surface area (Å²) in [7, 11) is 1.27. The number of carbonyl (C=O) groups excluding carboxylic acids is 2.